The number of fused-ring (bicyclic) bond motifs is 1. The Morgan fingerprint density at radius 1 is 1.44 bits per heavy atom. The molecule has 6 heteroatoms. The summed E-state index contributed by atoms with van der Waals surface area (Å²) in [5.74, 6) is 0.914. The van der Waals surface area contributed by atoms with Crippen molar-refractivity contribution in [3.8, 4) is 0 Å². The summed E-state index contributed by atoms with van der Waals surface area (Å²) in [5, 5.41) is 7.24. The molecule has 1 atom stereocenters. The summed E-state index contributed by atoms with van der Waals surface area (Å²) in [6, 6.07) is 0.465. The van der Waals surface area contributed by atoms with Crippen molar-refractivity contribution in [3.05, 3.63) is 16.5 Å². The highest BCUT2D eigenvalue weighted by Gasteiger charge is 2.23. The third-order valence-electron chi connectivity index (χ3n) is 3.64. The van der Waals surface area contributed by atoms with E-state index in [1.165, 1.54) is 5.56 Å². The summed E-state index contributed by atoms with van der Waals surface area (Å²) < 4.78 is 0. The number of anilines is 1. The summed E-state index contributed by atoms with van der Waals surface area (Å²) in [4.78, 5) is 11.0. The van der Waals surface area contributed by atoms with Crippen LogP contribution in [0.1, 0.15) is 17.7 Å². The van der Waals surface area contributed by atoms with Crippen LogP contribution >= 0.6 is 11.6 Å². The molecule has 18 heavy (non-hydrogen) atoms. The van der Waals surface area contributed by atoms with Crippen molar-refractivity contribution in [2.24, 2.45) is 0 Å². The minimum absolute atomic E-state index is 0.351. The molecule has 1 aromatic rings. The molecule has 3 rings (SSSR count). The first-order valence-corrected chi connectivity index (χ1v) is 6.81. The molecule has 3 heterocycles. The van der Waals surface area contributed by atoms with E-state index in [1.54, 1.807) is 0 Å². The summed E-state index contributed by atoms with van der Waals surface area (Å²) >= 11 is 6.00. The van der Waals surface area contributed by atoms with Crippen LogP contribution in [0.2, 0.25) is 5.28 Å². The van der Waals surface area contributed by atoms with Gasteiger partial charge in [-0.05, 0) is 31.6 Å². The van der Waals surface area contributed by atoms with Gasteiger partial charge in [0.15, 0.2) is 0 Å². The van der Waals surface area contributed by atoms with Crippen LogP contribution in [0.5, 0.6) is 0 Å². The fourth-order valence-corrected chi connectivity index (χ4v) is 2.87. The number of likely N-dealkylation sites (tertiary alicyclic amines) is 1. The largest absolute Gasteiger partial charge is 0.366 e. The maximum atomic E-state index is 6.00. The van der Waals surface area contributed by atoms with E-state index in [1.807, 2.05) is 0 Å². The maximum absolute atomic E-state index is 6.00. The zero-order chi connectivity index (χ0) is 12.5. The van der Waals surface area contributed by atoms with Gasteiger partial charge >= 0.3 is 0 Å². The summed E-state index contributed by atoms with van der Waals surface area (Å²) in [6.45, 7) is 3.99. The average Bonchev–Trinajstić information content (AvgIpc) is 2.74. The van der Waals surface area contributed by atoms with E-state index >= 15 is 0 Å². The number of hydrogen-bond donors (Lipinski definition) is 2. The molecule has 98 valence electrons. The van der Waals surface area contributed by atoms with Crippen LogP contribution < -0.4 is 10.6 Å². The van der Waals surface area contributed by atoms with Crippen molar-refractivity contribution < 1.29 is 0 Å². The summed E-state index contributed by atoms with van der Waals surface area (Å²) in [6.07, 6.45) is 2.08. The van der Waals surface area contributed by atoms with E-state index in [-0.39, 0.29) is 0 Å². The molecule has 1 saturated heterocycles. The lowest BCUT2D eigenvalue weighted by Crippen LogP contribution is -2.29. The van der Waals surface area contributed by atoms with Crippen LogP contribution in [0.15, 0.2) is 0 Å². The lowest BCUT2D eigenvalue weighted by molar-refractivity contribution is 0.414. The number of hydrogen-bond acceptors (Lipinski definition) is 5. The van der Waals surface area contributed by atoms with Gasteiger partial charge in [0, 0.05) is 37.7 Å². The van der Waals surface area contributed by atoms with Crippen molar-refractivity contribution in [2.45, 2.75) is 25.4 Å². The molecule has 0 spiro atoms. The average molecular weight is 268 g/mol. The highest BCUT2D eigenvalue weighted by molar-refractivity contribution is 6.28. The molecule has 5 nitrogen and oxygen atoms in total. The Morgan fingerprint density at radius 3 is 3.11 bits per heavy atom. The van der Waals surface area contributed by atoms with Gasteiger partial charge in [-0.1, -0.05) is 0 Å². The minimum atomic E-state index is 0.351. The van der Waals surface area contributed by atoms with Gasteiger partial charge in [-0.15, -0.1) is 0 Å². The van der Waals surface area contributed by atoms with Crippen molar-refractivity contribution in [1.29, 1.82) is 0 Å². The van der Waals surface area contributed by atoms with Gasteiger partial charge in [-0.25, -0.2) is 9.97 Å². The molecule has 2 aliphatic heterocycles. The molecule has 0 aliphatic carbocycles. The number of nitrogens with zero attached hydrogens (tertiary/aromatic N) is 3. The van der Waals surface area contributed by atoms with Crippen molar-refractivity contribution >= 4 is 17.4 Å². The second-order valence-corrected chi connectivity index (χ2v) is 5.42. The van der Waals surface area contributed by atoms with Gasteiger partial charge in [-0.2, -0.15) is 0 Å². The molecule has 0 aromatic carbocycles. The Kier molecular flexibility index (Phi) is 3.37. The SMILES string of the molecule is CN1CCC(Nc2nc(Cl)nc3c2CNCC3)C1. The fraction of sp³-hybridized carbons (Fsp3) is 0.667. The summed E-state index contributed by atoms with van der Waals surface area (Å²) in [7, 11) is 2.14. The second-order valence-electron chi connectivity index (χ2n) is 5.09. The summed E-state index contributed by atoms with van der Waals surface area (Å²) in [5.41, 5.74) is 2.27. The van der Waals surface area contributed by atoms with E-state index in [4.69, 9.17) is 11.6 Å². The number of rotatable bonds is 2. The highest BCUT2D eigenvalue weighted by atomic mass is 35.5. The predicted molar refractivity (Wildman–Crippen MR) is 72.0 cm³/mol. The minimum Gasteiger partial charge on any atom is -0.366 e. The first kappa shape index (κ1) is 12.1. The third-order valence-corrected chi connectivity index (χ3v) is 3.81. The van der Waals surface area contributed by atoms with Gasteiger partial charge in [-0.3, -0.25) is 0 Å². The molecule has 0 amide bonds. The molecular formula is C12H18ClN5. The van der Waals surface area contributed by atoms with Crippen molar-refractivity contribution in [2.75, 3.05) is 32.0 Å². The van der Waals surface area contributed by atoms with Crippen LogP contribution in [0.4, 0.5) is 5.82 Å². The first-order chi connectivity index (χ1) is 8.72. The van der Waals surface area contributed by atoms with Gasteiger partial charge in [0.05, 0.1) is 5.69 Å². The lowest BCUT2D eigenvalue weighted by atomic mass is 10.1. The Labute approximate surface area is 112 Å². The molecule has 1 aromatic heterocycles. The van der Waals surface area contributed by atoms with Crippen LogP contribution in [0.25, 0.3) is 0 Å². The van der Waals surface area contributed by atoms with E-state index in [0.717, 1.165) is 50.5 Å². The molecule has 1 fully saturated rings. The predicted octanol–water partition coefficient (Wildman–Crippen LogP) is 0.892. The topological polar surface area (TPSA) is 53.1 Å². The smallest absolute Gasteiger partial charge is 0.224 e. The van der Waals surface area contributed by atoms with Gasteiger partial charge in [0.2, 0.25) is 5.28 Å². The number of likely N-dealkylation sites (N-methyl/N-ethyl adjacent to an activating group) is 1. The zero-order valence-electron chi connectivity index (χ0n) is 10.5. The number of nitrogens with one attached hydrogen (secondary N) is 2. The lowest BCUT2D eigenvalue weighted by Gasteiger charge is -2.22. The molecule has 2 N–H and O–H groups in total. The molecule has 0 radical (unpaired) electrons. The van der Waals surface area contributed by atoms with Crippen LogP contribution in [0.3, 0.4) is 0 Å². The Bertz CT molecular complexity index is 450. The van der Waals surface area contributed by atoms with E-state index in [2.05, 4.69) is 32.5 Å². The standard InChI is InChI=1S/C12H18ClN5/c1-18-5-3-8(7-18)15-11-9-6-14-4-2-10(9)16-12(13)17-11/h8,14H,2-7H2,1H3,(H,15,16,17). The van der Waals surface area contributed by atoms with Gasteiger partial charge in [0.25, 0.3) is 0 Å². The monoisotopic (exact) mass is 267 g/mol. The Hall–Kier alpha value is -0.910. The normalized spacial score (nSPS) is 24.0. The van der Waals surface area contributed by atoms with Crippen LogP contribution in [-0.4, -0.2) is 47.6 Å². The van der Waals surface area contributed by atoms with E-state index in [0.29, 0.717) is 11.3 Å². The molecular weight excluding hydrogens is 250 g/mol. The van der Waals surface area contributed by atoms with Crippen molar-refractivity contribution in [3.63, 3.8) is 0 Å². The fourth-order valence-electron chi connectivity index (χ4n) is 2.68. The zero-order valence-corrected chi connectivity index (χ0v) is 11.3. The van der Waals surface area contributed by atoms with E-state index in [9.17, 15) is 0 Å². The van der Waals surface area contributed by atoms with Gasteiger partial charge in [0.1, 0.15) is 5.82 Å². The maximum Gasteiger partial charge on any atom is 0.224 e. The molecule has 0 bridgehead atoms. The second kappa shape index (κ2) is 4.99. The first-order valence-electron chi connectivity index (χ1n) is 6.43. The molecule has 1 unspecified atom stereocenters. The van der Waals surface area contributed by atoms with E-state index < -0.39 is 0 Å². The van der Waals surface area contributed by atoms with Crippen LogP contribution in [-0.2, 0) is 13.0 Å². The van der Waals surface area contributed by atoms with Crippen molar-refractivity contribution in [1.82, 2.24) is 20.2 Å². The number of aromatic nitrogens is 2. The Morgan fingerprint density at radius 2 is 2.33 bits per heavy atom. The van der Waals surface area contributed by atoms with Gasteiger partial charge < -0.3 is 15.5 Å². The van der Waals surface area contributed by atoms with Crippen LogP contribution in [0, 0.1) is 0 Å². The molecule has 0 saturated carbocycles. The molecule has 2 aliphatic rings. The quantitative estimate of drug-likeness (QED) is 0.780. The Balaban J connectivity index is 1.84. The third kappa shape index (κ3) is 2.43. The number of halogens is 1. The highest BCUT2D eigenvalue weighted by Crippen LogP contribution is 2.23.